The Morgan fingerprint density at radius 1 is 0.514 bits per heavy atom. The molecule has 0 saturated heterocycles. The Kier molecular flexibility index (Phi) is 5.33. The lowest BCUT2D eigenvalue weighted by Gasteiger charge is -2.27. The van der Waals surface area contributed by atoms with Gasteiger partial charge in [-0.05, 0) is 89.8 Å². The zero-order valence-electron chi connectivity index (χ0n) is 21.1. The van der Waals surface area contributed by atoms with Gasteiger partial charge in [0, 0.05) is 11.8 Å². The largest absolute Gasteiger partial charge is 0.0622 e. The molecule has 172 valence electrons. The van der Waals surface area contributed by atoms with Crippen LogP contribution in [0.4, 0.5) is 0 Å². The maximum absolute atomic E-state index is 2.46. The highest BCUT2D eigenvalue weighted by molar-refractivity contribution is 5.95. The average molecular weight is 453 g/mol. The number of aryl methyl sites for hydroxylation is 4. The van der Waals surface area contributed by atoms with Crippen molar-refractivity contribution in [1.82, 2.24) is 0 Å². The highest BCUT2D eigenvalue weighted by atomic mass is 14.4. The molecule has 0 heteroatoms. The average Bonchev–Trinajstić information content (AvgIpc) is 3.39. The Labute approximate surface area is 209 Å². The van der Waals surface area contributed by atoms with E-state index in [0.717, 1.165) is 6.42 Å². The normalized spacial score (nSPS) is 18.2. The van der Waals surface area contributed by atoms with Gasteiger partial charge in [0.2, 0.25) is 0 Å². The molecule has 0 spiro atoms. The highest BCUT2D eigenvalue weighted by Crippen LogP contribution is 2.54. The van der Waals surface area contributed by atoms with E-state index in [4.69, 9.17) is 0 Å². The minimum absolute atomic E-state index is 0.372. The van der Waals surface area contributed by atoms with E-state index in [1.165, 1.54) is 66.8 Å². The van der Waals surface area contributed by atoms with E-state index < -0.39 is 0 Å². The van der Waals surface area contributed by atoms with Crippen LogP contribution in [0.15, 0.2) is 84.9 Å². The SMILES string of the molecule is Cc1cc(C)c2c(c1)C=C(c1ccccc1)C2CC1C(c2ccccc2)=Cc2cc(C)cc(C)c21. The van der Waals surface area contributed by atoms with E-state index in [2.05, 4.69) is 125 Å². The zero-order chi connectivity index (χ0) is 24.1. The topological polar surface area (TPSA) is 0 Å². The van der Waals surface area contributed by atoms with Crippen LogP contribution in [0.2, 0.25) is 0 Å². The molecule has 0 saturated carbocycles. The van der Waals surface area contributed by atoms with Gasteiger partial charge in [-0.2, -0.15) is 0 Å². The number of fused-ring (bicyclic) bond motifs is 2. The molecule has 2 unspecified atom stereocenters. The van der Waals surface area contributed by atoms with Gasteiger partial charge >= 0.3 is 0 Å². The molecular weight excluding hydrogens is 420 g/mol. The lowest BCUT2D eigenvalue weighted by molar-refractivity contribution is 0.700. The number of benzene rings is 4. The Morgan fingerprint density at radius 3 is 1.31 bits per heavy atom. The zero-order valence-corrected chi connectivity index (χ0v) is 21.1. The minimum Gasteiger partial charge on any atom is -0.0622 e. The molecule has 4 aromatic rings. The number of hydrogen-bond acceptors (Lipinski definition) is 0. The molecule has 6 rings (SSSR count). The molecule has 0 bridgehead atoms. The predicted octanol–water partition coefficient (Wildman–Crippen LogP) is 9.29. The number of allylic oxidation sites excluding steroid dienone is 2. The predicted molar refractivity (Wildman–Crippen MR) is 151 cm³/mol. The first-order chi connectivity index (χ1) is 17.0. The summed E-state index contributed by atoms with van der Waals surface area (Å²) < 4.78 is 0. The molecule has 0 fully saturated rings. The summed E-state index contributed by atoms with van der Waals surface area (Å²) in [6, 6.07) is 31.5. The van der Waals surface area contributed by atoms with E-state index >= 15 is 0 Å². The Morgan fingerprint density at radius 2 is 0.914 bits per heavy atom. The molecule has 0 aromatic heterocycles. The van der Waals surface area contributed by atoms with E-state index in [-0.39, 0.29) is 0 Å². The first kappa shape index (κ1) is 21.9. The van der Waals surface area contributed by atoms with Crippen molar-refractivity contribution in [3.63, 3.8) is 0 Å². The summed E-state index contributed by atoms with van der Waals surface area (Å²) in [5, 5.41) is 0. The van der Waals surface area contributed by atoms with Gasteiger partial charge in [-0.25, -0.2) is 0 Å². The van der Waals surface area contributed by atoms with Crippen molar-refractivity contribution >= 4 is 23.3 Å². The number of rotatable bonds is 4. The summed E-state index contributed by atoms with van der Waals surface area (Å²) >= 11 is 0. The summed E-state index contributed by atoms with van der Waals surface area (Å²) in [5.41, 5.74) is 16.9. The second-order valence-corrected chi connectivity index (χ2v) is 10.4. The van der Waals surface area contributed by atoms with Crippen LogP contribution in [-0.4, -0.2) is 0 Å². The van der Waals surface area contributed by atoms with Crippen LogP contribution < -0.4 is 0 Å². The van der Waals surface area contributed by atoms with Crippen LogP contribution in [-0.2, 0) is 0 Å². The van der Waals surface area contributed by atoms with Crippen molar-refractivity contribution in [3.05, 3.63) is 141 Å². The second-order valence-electron chi connectivity index (χ2n) is 10.4. The van der Waals surface area contributed by atoms with Gasteiger partial charge in [0.25, 0.3) is 0 Å². The van der Waals surface area contributed by atoms with Gasteiger partial charge in [-0.15, -0.1) is 0 Å². The molecule has 0 radical (unpaired) electrons. The van der Waals surface area contributed by atoms with Gasteiger partial charge in [-0.1, -0.05) is 108 Å². The van der Waals surface area contributed by atoms with Crippen LogP contribution in [0, 0.1) is 27.7 Å². The Hall–Kier alpha value is -3.64. The highest BCUT2D eigenvalue weighted by Gasteiger charge is 2.35. The smallest absolute Gasteiger partial charge is 0.0113 e. The van der Waals surface area contributed by atoms with Gasteiger partial charge in [0.15, 0.2) is 0 Å². The van der Waals surface area contributed by atoms with E-state index in [1.807, 2.05) is 0 Å². The van der Waals surface area contributed by atoms with Crippen molar-refractivity contribution in [1.29, 1.82) is 0 Å². The van der Waals surface area contributed by atoms with Crippen LogP contribution in [0.1, 0.15) is 73.9 Å². The molecule has 0 N–H and O–H groups in total. The number of hydrogen-bond donors (Lipinski definition) is 0. The van der Waals surface area contributed by atoms with Crippen LogP contribution >= 0.6 is 0 Å². The molecule has 0 amide bonds. The van der Waals surface area contributed by atoms with Gasteiger partial charge in [0.05, 0.1) is 0 Å². The van der Waals surface area contributed by atoms with Crippen molar-refractivity contribution < 1.29 is 0 Å². The summed E-state index contributed by atoms with van der Waals surface area (Å²) in [5.74, 6) is 0.744. The molecule has 0 nitrogen and oxygen atoms in total. The molecule has 2 aliphatic carbocycles. The molecule has 0 heterocycles. The monoisotopic (exact) mass is 452 g/mol. The van der Waals surface area contributed by atoms with Gasteiger partial charge in [-0.3, -0.25) is 0 Å². The molecule has 35 heavy (non-hydrogen) atoms. The fraction of sp³-hybridized carbons (Fsp3) is 0.200. The summed E-state index contributed by atoms with van der Waals surface area (Å²) in [7, 11) is 0. The summed E-state index contributed by atoms with van der Waals surface area (Å²) in [6.45, 7) is 9.02. The van der Waals surface area contributed by atoms with Crippen molar-refractivity contribution in [2.45, 2.75) is 46.0 Å². The molecule has 2 aliphatic rings. The summed E-state index contributed by atoms with van der Waals surface area (Å²) in [4.78, 5) is 0. The van der Waals surface area contributed by atoms with E-state index in [1.54, 1.807) is 0 Å². The Bertz CT molecular complexity index is 1370. The van der Waals surface area contributed by atoms with Gasteiger partial charge < -0.3 is 0 Å². The minimum atomic E-state index is 0.372. The quantitative estimate of drug-likeness (QED) is 0.289. The fourth-order valence-electron chi connectivity index (χ4n) is 6.62. The van der Waals surface area contributed by atoms with Crippen LogP contribution in [0.25, 0.3) is 23.3 Å². The van der Waals surface area contributed by atoms with Crippen LogP contribution in [0.5, 0.6) is 0 Å². The van der Waals surface area contributed by atoms with Crippen molar-refractivity contribution in [2.24, 2.45) is 0 Å². The maximum Gasteiger partial charge on any atom is 0.0113 e. The third-order valence-electron chi connectivity index (χ3n) is 7.88. The Balaban J connectivity index is 1.51. The lowest BCUT2D eigenvalue weighted by Crippen LogP contribution is -2.10. The maximum atomic E-state index is 2.46. The van der Waals surface area contributed by atoms with E-state index in [0.29, 0.717) is 11.8 Å². The third-order valence-corrected chi connectivity index (χ3v) is 7.88. The summed E-state index contributed by atoms with van der Waals surface area (Å²) in [6.07, 6.45) is 5.99. The second kappa shape index (κ2) is 8.54. The third kappa shape index (κ3) is 3.78. The standard InChI is InChI=1S/C35H32/c1-22-15-24(3)34-28(17-22)19-30(26-11-7-5-8-12-26)32(34)21-33-31(27-13-9-6-10-14-27)20-29-18-23(2)16-25(4)35(29)33/h5-20,32-33H,21H2,1-4H3. The van der Waals surface area contributed by atoms with Crippen molar-refractivity contribution in [2.75, 3.05) is 0 Å². The molecule has 4 aromatic carbocycles. The molecule has 0 aliphatic heterocycles. The van der Waals surface area contributed by atoms with E-state index in [9.17, 15) is 0 Å². The molecular formula is C35H32. The van der Waals surface area contributed by atoms with Crippen molar-refractivity contribution in [3.8, 4) is 0 Å². The molecule has 2 atom stereocenters. The lowest BCUT2D eigenvalue weighted by atomic mass is 9.76. The first-order valence-electron chi connectivity index (χ1n) is 12.8. The first-order valence-corrected chi connectivity index (χ1v) is 12.8. The fourth-order valence-corrected chi connectivity index (χ4v) is 6.62. The van der Waals surface area contributed by atoms with Gasteiger partial charge in [0.1, 0.15) is 0 Å². The van der Waals surface area contributed by atoms with Crippen LogP contribution in [0.3, 0.4) is 0 Å².